The van der Waals surface area contributed by atoms with Crippen LogP contribution in [0.2, 0.25) is 0 Å². The van der Waals surface area contributed by atoms with Crippen LogP contribution in [0.15, 0.2) is 0 Å². The summed E-state index contributed by atoms with van der Waals surface area (Å²) >= 11 is 0. The molecule has 0 aliphatic heterocycles. The molecule has 1 unspecified atom stereocenters. The lowest BCUT2D eigenvalue weighted by Gasteiger charge is -2.59. The van der Waals surface area contributed by atoms with Crippen LogP contribution in [0.3, 0.4) is 0 Å². The van der Waals surface area contributed by atoms with Gasteiger partial charge in [0, 0.05) is 12.5 Å². The molecule has 25 heavy (non-hydrogen) atoms. The van der Waals surface area contributed by atoms with Crippen molar-refractivity contribution in [2.75, 3.05) is 7.11 Å². The van der Waals surface area contributed by atoms with Gasteiger partial charge in [-0.25, -0.2) is 0 Å². The molecule has 0 aromatic heterocycles. The van der Waals surface area contributed by atoms with Crippen LogP contribution in [0.1, 0.15) is 72.1 Å². The van der Waals surface area contributed by atoms with E-state index < -0.39 is 5.60 Å². The normalized spacial score (nSPS) is 56.6. The Labute approximate surface area is 153 Å². The SMILES string of the molecule is CO[C@@H]1C[C@H]2[C@@H](CC[C@@H]3C[C@](C)(O)CC[C@@H]32)[C@@H]2CC[C@H](C(C)O)[C@@]12C. The maximum Gasteiger partial charge on any atom is 0.0634 e. The molecule has 3 nitrogen and oxygen atoms in total. The molecule has 4 saturated carbocycles. The Bertz CT molecular complexity index is 502. The highest BCUT2D eigenvalue weighted by molar-refractivity contribution is 5.11. The Morgan fingerprint density at radius 1 is 1.00 bits per heavy atom. The zero-order chi connectivity index (χ0) is 18.0. The van der Waals surface area contributed by atoms with Gasteiger partial charge in [-0.3, -0.25) is 0 Å². The van der Waals surface area contributed by atoms with E-state index in [1.807, 2.05) is 21.0 Å². The summed E-state index contributed by atoms with van der Waals surface area (Å²) in [6.45, 7) is 6.44. The predicted octanol–water partition coefficient (Wildman–Crippen LogP) is 4.01. The fourth-order valence-electron chi connectivity index (χ4n) is 8.22. The summed E-state index contributed by atoms with van der Waals surface area (Å²) in [4.78, 5) is 0. The Morgan fingerprint density at radius 3 is 2.44 bits per heavy atom. The molecule has 3 heteroatoms. The van der Waals surface area contributed by atoms with E-state index in [-0.39, 0.29) is 17.6 Å². The molecule has 10 atom stereocenters. The van der Waals surface area contributed by atoms with E-state index in [0.717, 1.165) is 37.0 Å². The molecule has 0 aromatic carbocycles. The fraction of sp³-hybridized carbons (Fsp3) is 1.00. The number of hydrogen-bond donors (Lipinski definition) is 2. The maximum atomic E-state index is 10.5. The zero-order valence-electron chi connectivity index (χ0n) is 16.6. The minimum absolute atomic E-state index is 0.136. The molecule has 0 aromatic rings. The van der Waals surface area contributed by atoms with E-state index in [1.165, 1.54) is 32.1 Å². The van der Waals surface area contributed by atoms with Crippen LogP contribution < -0.4 is 0 Å². The molecule has 0 bridgehead atoms. The zero-order valence-corrected chi connectivity index (χ0v) is 16.6. The van der Waals surface area contributed by atoms with Gasteiger partial charge in [0.15, 0.2) is 0 Å². The molecular weight excluding hydrogens is 312 g/mol. The van der Waals surface area contributed by atoms with Crippen molar-refractivity contribution in [1.82, 2.24) is 0 Å². The van der Waals surface area contributed by atoms with E-state index in [1.54, 1.807) is 0 Å². The van der Waals surface area contributed by atoms with E-state index >= 15 is 0 Å². The Hall–Kier alpha value is -0.120. The summed E-state index contributed by atoms with van der Waals surface area (Å²) in [7, 11) is 1.89. The molecule has 0 heterocycles. The number of rotatable bonds is 2. The van der Waals surface area contributed by atoms with Crippen molar-refractivity contribution < 1.29 is 14.9 Å². The average Bonchev–Trinajstić information content (AvgIpc) is 2.90. The van der Waals surface area contributed by atoms with E-state index in [9.17, 15) is 10.2 Å². The number of hydrogen-bond acceptors (Lipinski definition) is 3. The lowest BCUT2D eigenvalue weighted by Crippen LogP contribution is -2.57. The third-order valence-corrected chi connectivity index (χ3v) is 9.24. The quantitative estimate of drug-likeness (QED) is 0.791. The van der Waals surface area contributed by atoms with Crippen LogP contribution in [0.4, 0.5) is 0 Å². The third-order valence-electron chi connectivity index (χ3n) is 9.24. The second-order valence-corrected chi connectivity index (χ2v) is 10.4. The first-order valence-corrected chi connectivity index (χ1v) is 10.7. The van der Waals surface area contributed by atoms with Crippen molar-refractivity contribution in [3.05, 3.63) is 0 Å². The monoisotopic (exact) mass is 350 g/mol. The van der Waals surface area contributed by atoms with Gasteiger partial charge in [0.25, 0.3) is 0 Å². The highest BCUT2D eigenvalue weighted by atomic mass is 16.5. The standard InChI is InChI=1S/C22H38O3/c1-13(23)18-7-8-19-16-6-5-14-12-21(2,24)10-9-15(14)17(16)11-20(25-4)22(18,19)3/h13-20,23-24H,5-12H2,1-4H3/t13?,14-,15+,16-,17-,18-,19+,20-,21-,22-/m1/s1. The Kier molecular flexibility index (Phi) is 4.53. The lowest BCUT2D eigenvalue weighted by atomic mass is 9.48. The van der Waals surface area contributed by atoms with Crippen molar-refractivity contribution >= 4 is 0 Å². The van der Waals surface area contributed by atoms with E-state index in [2.05, 4.69) is 6.92 Å². The van der Waals surface area contributed by atoms with Gasteiger partial charge in [0.05, 0.1) is 17.8 Å². The summed E-state index contributed by atoms with van der Waals surface area (Å²) in [5.74, 6) is 4.16. The van der Waals surface area contributed by atoms with Gasteiger partial charge in [-0.15, -0.1) is 0 Å². The first kappa shape index (κ1) is 18.3. The summed E-state index contributed by atoms with van der Waals surface area (Å²) < 4.78 is 6.10. The van der Waals surface area contributed by atoms with Crippen molar-refractivity contribution in [3.8, 4) is 0 Å². The first-order valence-electron chi connectivity index (χ1n) is 10.7. The molecule has 4 fully saturated rings. The summed E-state index contributed by atoms with van der Waals surface area (Å²) in [6.07, 6.45) is 9.42. The highest BCUT2D eigenvalue weighted by Gasteiger charge is 2.62. The second kappa shape index (κ2) is 6.21. The molecule has 0 amide bonds. The molecule has 2 N–H and O–H groups in total. The van der Waals surface area contributed by atoms with Crippen LogP contribution in [0, 0.1) is 40.9 Å². The molecule has 0 radical (unpaired) electrons. The van der Waals surface area contributed by atoms with Crippen LogP contribution in [0.5, 0.6) is 0 Å². The molecule has 0 spiro atoms. The van der Waals surface area contributed by atoms with Crippen molar-refractivity contribution in [3.63, 3.8) is 0 Å². The summed E-state index contributed by atoms with van der Waals surface area (Å²) in [5.41, 5.74) is -0.306. The molecule has 0 saturated heterocycles. The number of aliphatic hydroxyl groups excluding tert-OH is 1. The van der Waals surface area contributed by atoms with Crippen molar-refractivity contribution in [2.24, 2.45) is 40.9 Å². The molecule has 4 aliphatic carbocycles. The molecular formula is C22H38O3. The second-order valence-electron chi connectivity index (χ2n) is 10.4. The summed E-state index contributed by atoms with van der Waals surface area (Å²) in [5, 5.41) is 21.0. The maximum absolute atomic E-state index is 10.5. The van der Waals surface area contributed by atoms with Crippen LogP contribution >= 0.6 is 0 Å². The molecule has 4 aliphatic rings. The number of ether oxygens (including phenoxy) is 1. The minimum atomic E-state index is -0.442. The van der Waals surface area contributed by atoms with Gasteiger partial charge in [-0.2, -0.15) is 0 Å². The van der Waals surface area contributed by atoms with E-state index in [0.29, 0.717) is 17.8 Å². The van der Waals surface area contributed by atoms with Gasteiger partial charge in [0.1, 0.15) is 0 Å². The van der Waals surface area contributed by atoms with E-state index in [4.69, 9.17) is 4.74 Å². The number of methoxy groups -OCH3 is 1. The predicted molar refractivity (Wildman–Crippen MR) is 99.1 cm³/mol. The molecule has 144 valence electrons. The fourth-order valence-corrected chi connectivity index (χ4v) is 8.22. The Balaban J connectivity index is 1.62. The van der Waals surface area contributed by atoms with Crippen LogP contribution in [-0.4, -0.2) is 35.1 Å². The summed E-state index contributed by atoms with van der Waals surface area (Å²) in [6, 6.07) is 0. The minimum Gasteiger partial charge on any atom is -0.393 e. The smallest absolute Gasteiger partial charge is 0.0634 e. The van der Waals surface area contributed by atoms with Gasteiger partial charge in [-0.05, 0) is 101 Å². The largest absolute Gasteiger partial charge is 0.393 e. The third kappa shape index (κ3) is 2.72. The number of fused-ring (bicyclic) bond motifs is 5. The van der Waals surface area contributed by atoms with Gasteiger partial charge < -0.3 is 14.9 Å². The lowest BCUT2D eigenvalue weighted by molar-refractivity contribution is -0.168. The van der Waals surface area contributed by atoms with Crippen LogP contribution in [-0.2, 0) is 4.74 Å². The Morgan fingerprint density at radius 2 is 1.76 bits per heavy atom. The van der Waals surface area contributed by atoms with Crippen molar-refractivity contribution in [2.45, 2.75) is 89.9 Å². The highest BCUT2D eigenvalue weighted by Crippen LogP contribution is 2.65. The van der Waals surface area contributed by atoms with Crippen LogP contribution in [0.25, 0.3) is 0 Å². The number of aliphatic hydroxyl groups is 2. The van der Waals surface area contributed by atoms with Gasteiger partial charge in [0.2, 0.25) is 0 Å². The first-order chi connectivity index (χ1) is 11.8. The van der Waals surface area contributed by atoms with Gasteiger partial charge >= 0.3 is 0 Å². The average molecular weight is 351 g/mol. The van der Waals surface area contributed by atoms with Gasteiger partial charge in [-0.1, -0.05) is 6.92 Å². The topological polar surface area (TPSA) is 49.7 Å². The van der Waals surface area contributed by atoms with Crippen molar-refractivity contribution in [1.29, 1.82) is 0 Å². The molecule has 4 rings (SSSR count).